The Morgan fingerprint density at radius 2 is 2.00 bits per heavy atom. The first kappa shape index (κ1) is 18.1. The second kappa shape index (κ2) is 8.12. The lowest BCUT2D eigenvalue weighted by Crippen LogP contribution is -2.05. The van der Waals surface area contributed by atoms with Gasteiger partial charge >= 0.3 is 5.97 Å². The van der Waals surface area contributed by atoms with E-state index in [4.69, 9.17) is 21.6 Å². The third-order valence-electron chi connectivity index (χ3n) is 3.50. The van der Waals surface area contributed by atoms with Crippen molar-refractivity contribution in [1.29, 1.82) is 5.26 Å². The molecule has 0 bridgehead atoms. The molecule has 0 fully saturated rings. The minimum Gasteiger partial charge on any atom is -0.465 e. The van der Waals surface area contributed by atoms with Gasteiger partial charge in [-0.1, -0.05) is 23.7 Å². The number of hydrogen-bond acceptors (Lipinski definition) is 8. The number of ether oxygens (including phenoxy) is 1. The number of methoxy groups -OCH3 is 1. The molecule has 134 valence electrons. The predicted molar refractivity (Wildman–Crippen MR) is 100 cm³/mol. The van der Waals surface area contributed by atoms with E-state index in [0.29, 0.717) is 33.3 Å². The lowest BCUT2D eigenvalue weighted by Gasteiger charge is -2.10. The summed E-state index contributed by atoms with van der Waals surface area (Å²) >= 11 is 6.16. The molecule has 1 aromatic heterocycles. The Bertz CT molecular complexity index is 1030. The average Bonchev–Trinajstić information content (AvgIpc) is 2.70. The molecule has 0 amide bonds. The van der Waals surface area contributed by atoms with E-state index in [1.165, 1.54) is 19.4 Å². The average molecular weight is 381 g/mol. The molecule has 2 aromatic carbocycles. The normalized spacial score (nSPS) is 9.96. The van der Waals surface area contributed by atoms with Crippen LogP contribution in [-0.2, 0) is 4.74 Å². The number of nitriles is 1. The summed E-state index contributed by atoms with van der Waals surface area (Å²) in [6.07, 6.45) is 1.42. The molecular formula is C18H13ClN6O2. The van der Waals surface area contributed by atoms with E-state index < -0.39 is 5.97 Å². The maximum atomic E-state index is 11.7. The first-order valence-electron chi connectivity index (χ1n) is 7.71. The lowest BCUT2D eigenvalue weighted by atomic mass is 10.2. The zero-order valence-electron chi connectivity index (χ0n) is 14.1. The number of hydrogen-bond donors (Lipinski definition) is 2. The van der Waals surface area contributed by atoms with E-state index in [0.717, 1.165) is 0 Å². The molecule has 0 aliphatic rings. The first-order chi connectivity index (χ1) is 13.1. The molecule has 9 heteroatoms. The number of halogens is 1. The molecule has 1 heterocycles. The molecule has 0 spiro atoms. The SMILES string of the molecule is COC(=O)c1ccc(Cl)c(Nc2nncc(Nc3ccccc3C#N)n2)c1. The van der Waals surface area contributed by atoms with E-state index >= 15 is 0 Å². The van der Waals surface area contributed by atoms with Crippen molar-refractivity contribution in [2.75, 3.05) is 17.7 Å². The number of carbonyl (C=O) groups is 1. The quantitative estimate of drug-likeness (QED) is 0.644. The highest BCUT2D eigenvalue weighted by molar-refractivity contribution is 6.33. The van der Waals surface area contributed by atoms with Crippen molar-refractivity contribution in [2.24, 2.45) is 0 Å². The molecule has 2 N–H and O–H groups in total. The summed E-state index contributed by atoms with van der Waals surface area (Å²) in [5.41, 5.74) is 1.82. The summed E-state index contributed by atoms with van der Waals surface area (Å²) in [7, 11) is 1.30. The van der Waals surface area contributed by atoms with Crippen LogP contribution in [0, 0.1) is 11.3 Å². The van der Waals surface area contributed by atoms with Crippen LogP contribution in [0.3, 0.4) is 0 Å². The van der Waals surface area contributed by atoms with Crippen molar-refractivity contribution in [3.63, 3.8) is 0 Å². The molecule has 0 saturated carbocycles. The summed E-state index contributed by atoms with van der Waals surface area (Å²) in [5, 5.41) is 23.3. The highest BCUT2D eigenvalue weighted by Crippen LogP contribution is 2.26. The molecule has 27 heavy (non-hydrogen) atoms. The molecule has 0 aliphatic heterocycles. The Morgan fingerprint density at radius 1 is 1.19 bits per heavy atom. The Labute approximate surface area is 159 Å². The van der Waals surface area contributed by atoms with Crippen LogP contribution < -0.4 is 10.6 Å². The molecule has 0 aliphatic carbocycles. The summed E-state index contributed by atoms with van der Waals surface area (Å²) in [6.45, 7) is 0. The van der Waals surface area contributed by atoms with Gasteiger partial charge in [0.25, 0.3) is 0 Å². The van der Waals surface area contributed by atoms with Gasteiger partial charge in [0.1, 0.15) is 6.07 Å². The van der Waals surface area contributed by atoms with Crippen LogP contribution in [0.4, 0.5) is 23.1 Å². The van der Waals surface area contributed by atoms with Crippen LogP contribution in [0.1, 0.15) is 15.9 Å². The van der Waals surface area contributed by atoms with E-state index in [2.05, 4.69) is 31.9 Å². The molecule has 0 atom stereocenters. The summed E-state index contributed by atoms with van der Waals surface area (Å²) in [6, 6.07) is 13.8. The lowest BCUT2D eigenvalue weighted by molar-refractivity contribution is 0.0601. The van der Waals surface area contributed by atoms with Crippen LogP contribution >= 0.6 is 11.6 Å². The van der Waals surface area contributed by atoms with Gasteiger partial charge in [-0.25, -0.2) is 4.79 Å². The zero-order valence-corrected chi connectivity index (χ0v) is 14.9. The minimum atomic E-state index is -0.489. The van der Waals surface area contributed by atoms with Gasteiger partial charge in [-0.15, -0.1) is 5.10 Å². The van der Waals surface area contributed by atoms with Gasteiger partial charge in [-0.3, -0.25) is 0 Å². The van der Waals surface area contributed by atoms with Crippen molar-refractivity contribution >= 4 is 40.7 Å². The van der Waals surface area contributed by atoms with Crippen LogP contribution in [-0.4, -0.2) is 28.3 Å². The van der Waals surface area contributed by atoms with Crippen LogP contribution in [0.5, 0.6) is 0 Å². The van der Waals surface area contributed by atoms with Gasteiger partial charge < -0.3 is 15.4 Å². The van der Waals surface area contributed by atoms with Crippen molar-refractivity contribution < 1.29 is 9.53 Å². The summed E-state index contributed by atoms with van der Waals surface area (Å²) in [4.78, 5) is 16.0. The van der Waals surface area contributed by atoms with Gasteiger partial charge in [-0.2, -0.15) is 15.3 Å². The van der Waals surface area contributed by atoms with Gasteiger partial charge in [0.15, 0.2) is 5.82 Å². The number of anilines is 4. The van der Waals surface area contributed by atoms with E-state index in [-0.39, 0.29) is 5.95 Å². The van der Waals surface area contributed by atoms with Crippen LogP contribution in [0.25, 0.3) is 0 Å². The molecule has 0 radical (unpaired) electrons. The fraction of sp³-hybridized carbons (Fsp3) is 0.0556. The Hall–Kier alpha value is -3.70. The van der Waals surface area contributed by atoms with Crippen molar-refractivity contribution in [1.82, 2.24) is 15.2 Å². The number of nitrogens with zero attached hydrogens (tertiary/aromatic N) is 4. The maximum absolute atomic E-state index is 11.7. The molecule has 0 unspecified atom stereocenters. The highest BCUT2D eigenvalue weighted by Gasteiger charge is 2.11. The fourth-order valence-electron chi connectivity index (χ4n) is 2.23. The first-order valence-corrected chi connectivity index (χ1v) is 8.09. The van der Waals surface area contributed by atoms with Gasteiger partial charge in [0.2, 0.25) is 5.95 Å². The molecule has 8 nitrogen and oxygen atoms in total. The largest absolute Gasteiger partial charge is 0.465 e. The Morgan fingerprint density at radius 3 is 2.78 bits per heavy atom. The van der Waals surface area contributed by atoms with E-state index in [1.54, 1.807) is 36.4 Å². The number of rotatable bonds is 5. The van der Waals surface area contributed by atoms with Crippen LogP contribution in [0.15, 0.2) is 48.7 Å². The topological polar surface area (TPSA) is 113 Å². The highest BCUT2D eigenvalue weighted by atomic mass is 35.5. The number of esters is 1. The Balaban J connectivity index is 1.84. The van der Waals surface area contributed by atoms with E-state index in [9.17, 15) is 4.79 Å². The molecule has 3 rings (SSSR count). The standard InChI is InChI=1S/C18H13ClN6O2/c1-27-17(26)11-6-7-13(19)15(8-11)23-18-24-16(10-21-25-18)22-14-5-3-2-4-12(14)9-20/h2-8,10H,1H3,(H2,22,23,24,25). The van der Waals surface area contributed by atoms with E-state index in [1.807, 2.05) is 0 Å². The van der Waals surface area contributed by atoms with Crippen molar-refractivity contribution in [2.45, 2.75) is 0 Å². The third-order valence-corrected chi connectivity index (χ3v) is 3.83. The summed E-state index contributed by atoms with van der Waals surface area (Å²) < 4.78 is 4.70. The summed E-state index contributed by atoms with van der Waals surface area (Å²) in [5.74, 6) is 0.0612. The van der Waals surface area contributed by atoms with Gasteiger partial charge in [0, 0.05) is 0 Å². The number of nitrogens with one attached hydrogen (secondary N) is 2. The van der Waals surface area contributed by atoms with Crippen molar-refractivity contribution in [3.05, 3.63) is 64.8 Å². The van der Waals surface area contributed by atoms with Crippen LogP contribution in [0.2, 0.25) is 5.02 Å². The minimum absolute atomic E-state index is 0.165. The fourth-order valence-corrected chi connectivity index (χ4v) is 2.40. The monoisotopic (exact) mass is 380 g/mol. The van der Waals surface area contributed by atoms with Gasteiger partial charge in [0.05, 0.1) is 40.8 Å². The molecular weight excluding hydrogens is 368 g/mol. The smallest absolute Gasteiger partial charge is 0.337 e. The predicted octanol–water partition coefficient (Wildman–Crippen LogP) is 3.67. The number of aromatic nitrogens is 3. The van der Waals surface area contributed by atoms with Crippen molar-refractivity contribution in [3.8, 4) is 6.07 Å². The zero-order chi connectivity index (χ0) is 19.2. The molecule has 3 aromatic rings. The maximum Gasteiger partial charge on any atom is 0.337 e. The number of para-hydroxylation sites is 1. The third kappa shape index (κ3) is 4.29. The Kier molecular flexibility index (Phi) is 5.44. The second-order valence-corrected chi connectivity index (χ2v) is 5.67. The molecule has 0 saturated heterocycles. The second-order valence-electron chi connectivity index (χ2n) is 5.26. The van der Waals surface area contributed by atoms with Gasteiger partial charge in [-0.05, 0) is 30.3 Å². The number of benzene rings is 2. The number of carbonyl (C=O) groups excluding carboxylic acids is 1.